The number of halogens is 1. The molecular weight excluding hydrogens is 278 g/mol. The van der Waals surface area contributed by atoms with Crippen LogP contribution in [0.1, 0.15) is 41.7 Å². The van der Waals surface area contributed by atoms with Crippen LogP contribution in [-0.2, 0) is 4.79 Å². The van der Waals surface area contributed by atoms with Gasteiger partial charge in [-0.3, -0.25) is 9.59 Å². The highest BCUT2D eigenvalue weighted by molar-refractivity contribution is 6.29. The minimum atomic E-state index is -0.498. The maximum Gasteiger partial charge on any atom is 0.254 e. The van der Waals surface area contributed by atoms with E-state index >= 15 is 0 Å². The van der Waals surface area contributed by atoms with Crippen LogP contribution in [0, 0.1) is 6.92 Å². The Morgan fingerprint density at radius 1 is 1.40 bits per heavy atom. The number of primary amides is 1. The van der Waals surface area contributed by atoms with Crippen LogP contribution in [0.5, 0.6) is 0 Å². The molecule has 1 fully saturated rings. The summed E-state index contributed by atoms with van der Waals surface area (Å²) in [5.41, 5.74) is 6.39. The molecule has 6 heteroatoms. The molecule has 1 saturated carbocycles. The second-order valence-corrected chi connectivity index (χ2v) is 5.54. The average molecular weight is 296 g/mol. The van der Waals surface area contributed by atoms with Gasteiger partial charge in [-0.05, 0) is 31.9 Å². The summed E-state index contributed by atoms with van der Waals surface area (Å²) >= 11 is 5.89. The summed E-state index contributed by atoms with van der Waals surface area (Å²) in [6.45, 7) is 1.72. The Kier molecular flexibility index (Phi) is 4.60. The van der Waals surface area contributed by atoms with Gasteiger partial charge in [0.2, 0.25) is 5.91 Å². The molecule has 0 bridgehead atoms. The highest BCUT2D eigenvalue weighted by Gasteiger charge is 2.28. The smallest absolute Gasteiger partial charge is 0.254 e. The van der Waals surface area contributed by atoms with Gasteiger partial charge in [0.1, 0.15) is 5.15 Å². The van der Waals surface area contributed by atoms with Crippen LogP contribution in [0.3, 0.4) is 0 Å². The summed E-state index contributed by atoms with van der Waals surface area (Å²) in [5, 5.41) is 0.277. The average Bonchev–Trinajstić information content (AvgIpc) is 2.87. The van der Waals surface area contributed by atoms with E-state index in [1.54, 1.807) is 17.9 Å². The summed E-state index contributed by atoms with van der Waals surface area (Å²) in [4.78, 5) is 29.4. The highest BCUT2D eigenvalue weighted by atomic mass is 35.5. The van der Waals surface area contributed by atoms with E-state index in [-0.39, 0.29) is 23.6 Å². The van der Waals surface area contributed by atoms with Crippen molar-refractivity contribution in [3.8, 4) is 0 Å². The van der Waals surface area contributed by atoms with Crippen molar-refractivity contribution in [2.45, 2.75) is 38.6 Å². The molecule has 20 heavy (non-hydrogen) atoms. The number of carbonyl (C=O) groups excluding carboxylic acids is 2. The van der Waals surface area contributed by atoms with Crippen LogP contribution in [0.15, 0.2) is 12.1 Å². The Morgan fingerprint density at radius 2 is 2.05 bits per heavy atom. The van der Waals surface area contributed by atoms with Crippen molar-refractivity contribution in [2.75, 3.05) is 6.54 Å². The minimum Gasteiger partial charge on any atom is -0.368 e. The van der Waals surface area contributed by atoms with Crippen molar-refractivity contribution in [3.05, 3.63) is 28.5 Å². The lowest BCUT2D eigenvalue weighted by Gasteiger charge is -2.28. The number of carbonyl (C=O) groups is 2. The molecule has 1 aromatic heterocycles. The van der Waals surface area contributed by atoms with Gasteiger partial charge in [-0.25, -0.2) is 4.98 Å². The first-order valence-corrected chi connectivity index (χ1v) is 7.08. The summed E-state index contributed by atoms with van der Waals surface area (Å²) < 4.78 is 0. The van der Waals surface area contributed by atoms with Crippen molar-refractivity contribution in [3.63, 3.8) is 0 Å². The zero-order valence-corrected chi connectivity index (χ0v) is 12.2. The van der Waals surface area contributed by atoms with Crippen molar-refractivity contribution in [2.24, 2.45) is 5.73 Å². The Balaban J connectivity index is 2.26. The zero-order chi connectivity index (χ0) is 14.7. The van der Waals surface area contributed by atoms with E-state index in [0.717, 1.165) is 25.7 Å². The van der Waals surface area contributed by atoms with E-state index in [1.165, 1.54) is 6.07 Å². The first-order valence-electron chi connectivity index (χ1n) is 6.71. The van der Waals surface area contributed by atoms with Crippen LogP contribution >= 0.6 is 11.6 Å². The number of aromatic nitrogens is 1. The second-order valence-electron chi connectivity index (χ2n) is 5.16. The number of aryl methyl sites for hydroxylation is 1. The SMILES string of the molecule is Cc1cc(C(=O)N(CC(N)=O)C2CCCC2)cc(Cl)n1. The van der Waals surface area contributed by atoms with E-state index in [4.69, 9.17) is 17.3 Å². The molecule has 1 aromatic rings. The van der Waals surface area contributed by atoms with Crippen LogP contribution in [0.4, 0.5) is 0 Å². The van der Waals surface area contributed by atoms with Crippen LogP contribution in [0.25, 0.3) is 0 Å². The molecule has 0 aliphatic heterocycles. The lowest BCUT2D eigenvalue weighted by Crippen LogP contribution is -2.44. The van der Waals surface area contributed by atoms with Gasteiger partial charge < -0.3 is 10.6 Å². The Bertz CT molecular complexity index is 507. The minimum absolute atomic E-state index is 0.0531. The number of hydrogen-bond acceptors (Lipinski definition) is 3. The van der Waals surface area contributed by atoms with Gasteiger partial charge >= 0.3 is 0 Å². The first kappa shape index (κ1) is 14.8. The normalized spacial score (nSPS) is 15.3. The number of nitrogens with zero attached hydrogens (tertiary/aromatic N) is 2. The molecule has 2 amide bonds. The molecule has 2 rings (SSSR count). The number of rotatable bonds is 4. The quantitative estimate of drug-likeness (QED) is 0.862. The van der Waals surface area contributed by atoms with Gasteiger partial charge in [0, 0.05) is 17.3 Å². The molecule has 0 unspecified atom stereocenters. The molecular formula is C14H18ClN3O2. The topological polar surface area (TPSA) is 76.3 Å². The third-order valence-corrected chi connectivity index (χ3v) is 3.72. The van der Waals surface area contributed by atoms with E-state index in [0.29, 0.717) is 11.3 Å². The predicted octanol–water partition coefficient (Wildman–Crippen LogP) is 1.91. The van der Waals surface area contributed by atoms with E-state index in [9.17, 15) is 9.59 Å². The third-order valence-electron chi connectivity index (χ3n) is 3.52. The molecule has 1 aliphatic carbocycles. The third kappa shape index (κ3) is 3.48. The second kappa shape index (κ2) is 6.22. The van der Waals surface area contributed by atoms with Crippen LogP contribution in [0.2, 0.25) is 5.15 Å². The van der Waals surface area contributed by atoms with Gasteiger partial charge in [0.15, 0.2) is 0 Å². The summed E-state index contributed by atoms with van der Waals surface area (Å²) in [6.07, 6.45) is 3.97. The van der Waals surface area contributed by atoms with Crippen molar-refractivity contribution in [1.29, 1.82) is 0 Å². The number of nitrogens with two attached hydrogens (primary N) is 1. The molecule has 0 spiro atoms. The summed E-state index contributed by atoms with van der Waals surface area (Å²) in [6, 6.07) is 3.29. The zero-order valence-electron chi connectivity index (χ0n) is 11.4. The van der Waals surface area contributed by atoms with E-state index < -0.39 is 5.91 Å². The lowest BCUT2D eigenvalue weighted by molar-refractivity contribution is -0.119. The maximum absolute atomic E-state index is 12.6. The lowest BCUT2D eigenvalue weighted by atomic mass is 10.1. The molecule has 0 aromatic carbocycles. The first-order chi connectivity index (χ1) is 9.47. The largest absolute Gasteiger partial charge is 0.368 e. The Hall–Kier alpha value is -1.62. The molecule has 108 valence electrons. The standard InChI is InChI=1S/C14H18ClN3O2/c1-9-6-10(7-12(15)17-9)14(20)18(8-13(16)19)11-4-2-3-5-11/h6-7,11H,2-5,8H2,1H3,(H2,16,19). The predicted molar refractivity (Wildman–Crippen MR) is 76.5 cm³/mol. The number of hydrogen-bond donors (Lipinski definition) is 1. The molecule has 2 N–H and O–H groups in total. The van der Waals surface area contributed by atoms with Crippen LogP contribution in [-0.4, -0.2) is 34.3 Å². The Labute approximate surface area is 123 Å². The maximum atomic E-state index is 12.6. The summed E-state index contributed by atoms with van der Waals surface area (Å²) in [5.74, 6) is -0.703. The van der Waals surface area contributed by atoms with Gasteiger partial charge in [-0.15, -0.1) is 0 Å². The van der Waals surface area contributed by atoms with Gasteiger partial charge in [0.05, 0.1) is 6.54 Å². The monoisotopic (exact) mass is 295 g/mol. The van der Waals surface area contributed by atoms with E-state index in [1.807, 2.05) is 0 Å². The number of amides is 2. The van der Waals surface area contributed by atoms with Gasteiger partial charge in [0.25, 0.3) is 5.91 Å². The molecule has 0 radical (unpaired) electrons. The molecule has 5 nitrogen and oxygen atoms in total. The summed E-state index contributed by atoms with van der Waals surface area (Å²) in [7, 11) is 0. The van der Waals surface area contributed by atoms with Crippen LogP contribution < -0.4 is 5.73 Å². The number of pyridine rings is 1. The highest BCUT2D eigenvalue weighted by Crippen LogP contribution is 2.25. The van der Waals surface area contributed by atoms with Crippen molar-refractivity contribution < 1.29 is 9.59 Å². The van der Waals surface area contributed by atoms with Gasteiger partial charge in [-0.2, -0.15) is 0 Å². The molecule has 1 aliphatic rings. The fourth-order valence-electron chi connectivity index (χ4n) is 2.67. The Morgan fingerprint density at radius 3 is 2.60 bits per heavy atom. The van der Waals surface area contributed by atoms with Crippen molar-refractivity contribution >= 4 is 23.4 Å². The molecule has 0 atom stereocenters. The van der Waals surface area contributed by atoms with E-state index in [2.05, 4.69) is 4.98 Å². The fourth-order valence-corrected chi connectivity index (χ4v) is 2.92. The van der Waals surface area contributed by atoms with Crippen molar-refractivity contribution in [1.82, 2.24) is 9.88 Å². The molecule has 1 heterocycles. The fraction of sp³-hybridized carbons (Fsp3) is 0.500. The molecule has 0 saturated heterocycles. The van der Waals surface area contributed by atoms with Gasteiger partial charge in [-0.1, -0.05) is 24.4 Å².